The van der Waals surface area contributed by atoms with Crippen molar-refractivity contribution in [1.29, 1.82) is 0 Å². The van der Waals surface area contributed by atoms with Gasteiger partial charge in [-0.25, -0.2) is 0 Å². The Bertz CT molecular complexity index is 2560. The second-order valence-corrected chi connectivity index (χ2v) is 8.12. The van der Waals surface area contributed by atoms with Gasteiger partial charge in [-0.05, 0) is 69.7 Å². The van der Waals surface area contributed by atoms with Gasteiger partial charge in [0.05, 0.1) is 27.5 Å². The summed E-state index contributed by atoms with van der Waals surface area (Å²) in [4.78, 5) is 0. The van der Waals surface area contributed by atoms with Crippen molar-refractivity contribution in [2.45, 2.75) is 19.1 Å². The zero-order chi connectivity index (χ0) is 39.0. The van der Waals surface area contributed by atoms with E-state index in [4.69, 9.17) is 27.7 Å². The second-order valence-electron chi connectivity index (χ2n) is 8.12. The van der Waals surface area contributed by atoms with Crippen LogP contribution in [-0.4, -0.2) is 0 Å². The highest BCUT2D eigenvalue weighted by atomic mass is 16.3. The highest BCUT2D eigenvalue weighted by molar-refractivity contribution is 6.13. The lowest BCUT2D eigenvalue weighted by atomic mass is 9.82. The molecule has 0 saturated heterocycles. The molecular weight excluding hydrogens is 426 g/mol. The van der Waals surface area contributed by atoms with Gasteiger partial charge >= 0.3 is 0 Å². The average Bonchev–Trinajstić information content (AvgIpc) is 3.64. The van der Waals surface area contributed by atoms with Crippen molar-refractivity contribution < 1.29 is 29.1 Å². The molecule has 0 saturated carbocycles. The lowest BCUT2D eigenvalue weighted by molar-refractivity contribution is 0.660. The third kappa shape index (κ3) is 3.03. The number of rotatable bonds is 3. The molecule has 0 spiro atoms. The Balaban J connectivity index is 1.53. The maximum absolute atomic E-state index is 9.34. The van der Waals surface area contributed by atoms with Crippen LogP contribution >= 0.6 is 0 Å². The fraction of sp³-hybridized carbons (Fsp3) is 0.0909. The number of hydrogen-bond donors (Lipinski definition) is 1. The number of furan rings is 1. The first-order valence-corrected chi connectivity index (χ1v) is 10.6. The standard InChI is InChI=1S/C33H25NO/c1-33(2)27-12-7-6-11-24(27)25-17-16-23(20-28(25)33)34-29-13-8-14-31-32(29)26-19-22(15-18-30(26)35-31)21-9-4-3-5-10-21/h3-20,34H,1-2H3/i1D3,2D3,3D,4D,5D,6D,7D,9D,10D,11D,12D,16D,17D,20D. The van der Waals surface area contributed by atoms with Gasteiger partial charge in [-0.1, -0.05) is 86.3 Å². The van der Waals surface area contributed by atoms with Crippen LogP contribution in [0.25, 0.3) is 44.2 Å². The molecule has 0 amide bonds. The molecule has 0 fully saturated rings. The molecule has 1 aliphatic rings. The van der Waals surface area contributed by atoms with E-state index in [0.29, 0.717) is 16.4 Å². The number of anilines is 2. The van der Waals surface area contributed by atoms with Crippen LogP contribution in [0.2, 0.25) is 0 Å². The predicted molar refractivity (Wildman–Crippen MR) is 146 cm³/mol. The van der Waals surface area contributed by atoms with Gasteiger partial charge in [0.1, 0.15) is 11.2 Å². The lowest BCUT2D eigenvalue weighted by Crippen LogP contribution is -2.15. The van der Waals surface area contributed by atoms with Crippen LogP contribution in [0.3, 0.4) is 0 Å². The summed E-state index contributed by atoms with van der Waals surface area (Å²) in [5.41, 5.74) is -5.50. The predicted octanol–water partition coefficient (Wildman–Crippen LogP) is 9.30. The van der Waals surface area contributed by atoms with Crippen LogP contribution in [0, 0.1) is 0 Å². The summed E-state index contributed by atoms with van der Waals surface area (Å²) in [6.07, 6.45) is 0. The van der Waals surface area contributed by atoms with Crippen molar-refractivity contribution in [2.24, 2.45) is 0 Å². The molecule has 2 nitrogen and oxygen atoms in total. The number of nitrogens with one attached hydrogen (secondary N) is 1. The van der Waals surface area contributed by atoms with Gasteiger partial charge < -0.3 is 9.73 Å². The van der Waals surface area contributed by atoms with Crippen molar-refractivity contribution in [3.8, 4) is 22.3 Å². The van der Waals surface area contributed by atoms with E-state index in [-0.39, 0.29) is 22.4 Å². The largest absolute Gasteiger partial charge is 0.456 e. The number of fused-ring (bicyclic) bond motifs is 6. The Morgan fingerprint density at radius 3 is 2.49 bits per heavy atom. The molecule has 0 unspecified atom stereocenters. The van der Waals surface area contributed by atoms with E-state index in [1.807, 2.05) is 0 Å². The van der Waals surface area contributed by atoms with E-state index in [1.165, 1.54) is 24.3 Å². The first-order valence-electron chi connectivity index (χ1n) is 19.6. The zero-order valence-electron chi connectivity index (χ0n) is 35.9. The molecule has 1 heterocycles. The molecule has 7 rings (SSSR count). The van der Waals surface area contributed by atoms with Crippen LogP contribution in [0.15, 0.2) is 113 Å². The van der Waals surface area contributed by atoms with E-state index in [1.54, 1.807) is 12.1 Å². The van der Waals surface area contributed by atoms with Gasteiger partial charge in [-0.15, -0.1) is 0 Å². The molecule has 2 heteroatoms. The van der Waals surface area contributed by atoms with Crippen molar-refractivity contribution in [3.05, 3.63) is 120 Å². The van der Waals surface area contributed by atoms with E-state index < -0.39 is 120 Å². The summed E-state index contributed by atoms with van der Waals surface area (Å²) >= 11 is 0. The third-order valence-electron chi connectivity index (χ3n) is 6.04. The van der Waals surface area contributed by atoms with E-state index >= 15 is 0 Å². The fourth-order valence-corrected chi connectivity index (χ4v) is 4.46. The molecule has 1 aliphatic carbocycles. The Kier molecular flexibility index (Phi) is 1.90. The summed E-state index contributed by atoms with van der Waals surface area (Å²) in [5.74, 6) is 0. The number of benzene rings is 5. The van der Waals surface area contributed by atoms with Crippen LogP contribution < -0.4 is 5.32 Å². The molecular formula is C33H25NO. The highest BCUT2D eigenvalue weighted by Gasteiger charge is 2.35. The lowest BCUT2D eigenvalue weighted by Gasteiger charge is -2.22. The Hall–Kier alpha value is -4.30. The first kappa shape index (κ1) is 9.05. The van der Waals surface area contributed by atoms with Crippen LogP contribution in [0.5, 0.6) is 0 Å². The Labute approximate surface area is 230 Å². The van der Waals surface area contributed by atoms with Crippen molar-refractivity contribution in [1.82, 2.24) is 0 Å². The van der Waals surface area contributed by atoms with Crippen molar-refractivity contribution >= 4 is 33.3 Å². The van der Waals surface area contributed by atoms with Gasteiger partial charge in [-0.2, -0.15) is 0 Å². The van der Waals surface area contributed by atoms with Gasteiger partial charge in [-0.3, -0.25) is 0 Å². The molecule has 35 heavy (non-hydrogen) atoms. The molecule has 1 aromatic heterocycles. The number of hydrogen-bond acceptors (Lipinski definition) is 2. The first-order chi connectivity index (χ1) is 24.6. The van der Waals surface area contributed by atoms with E-state index in [9.17, 15) is 1.37 Å². The highest BCUT2D eigenvalue weighted by Crippen LogP contribution is 2.49. The molecule has 168 valence electrons. The van der Waals surface area contributed by atoms with E-state index in [0.717, 1.165) is 0 Å². The average molecular weight is 470 g/mol. The summed E-state index contributed by atoms with van der Waals surface area (Å²) in [5, 5.41) is 3.60. The molecule has 1 N–H and O–H groups in total. The minimum absolute atomic E-state index is 0.0727. The van der Waals surface area contributed by atoms with Gasteiger partial charge in [0.2, 0.25) is 0 Å². The second kappa shape index (κ2) is 7.35. The molecule has 0 radical (unpaired) electrons. The van der Waals surface area contributed by atoms with E-state index in [2.05, 4.69) is 5.32 Å². The summed E-state index contributed by atoms with van der Waals surface area (Å²) in [6, 6.07) is 1.01. The van der Waals surface area contributed by atoms with Crippen LogP contribution in [0.1, 0.15) is 49.5 Å². The topological polar surface area (TPSA) is 25.2 Å². The molecule has 6 aromatic rings. The van der Waals surface area contributed by atoms with Crippen LogP contribution in [0.4, 0.5) is 11.4 Å². The summed E-state index contributed by atoms with van der Waals surface area (Å²) < 4.78 is 160. The summed E-state index contributed by atoms with van der Waals surface area (Å²) in [6.45, 7) is -7.11. The molecule has 0 atom stereocenters. The Morgan fingerprint density at radius 2 is 1.60 bits per heavy atom. The summed E-state index contributed by atoms with van der Waals surface area (Å²) in [7, 11) is 0. The SMILES string of the molecule is [2H]c1c([2H])c([2H])c(-c2ccc3oc4cccc(Nc5c([2H])c([2H])c6c(c5[2H])C(C([2H])([2H])[2H])(C([2H])([2H])[2H])c5c([2H])c([2H])c([2H])c([2H])c5-6)c4c3c2)c([2H])c1[2H]. The minimum Gasteiger partial charge on any atom is -0.456 e. The van der Waals surface area contributed by atoms with Gasteiger partial charge in [0, 0.05) is 24.7 Å². The van der Waals surface area contributed by atoms with Crippen molar-refractivity contribution in [2.75, 3.05) is 5.32 Å². The normalized spacial score (nSPS) is 21.7. The van der Waals surface area contributed by atoms with Gasteiger partial charge in [0.15, 0.2) is 0 Å². The third-order valence-corrected chi connectivity index (χ3v) is 6.04. The smallest absolute Gasteiger partial charge is 0.137 e. The fourth-order valence-electron chi connectivity index (χ4n) is 4.46. The Morgan fingerprint density at radius 1 is 0.771 bits per heavy atom. The van der Waals surface area contributed by atoms with Gasteiger partial charge in [0.25, 0.3) is 0 Å². The maximum Gasteiger partial charge on any atom is 0.137 e. The minimum atomic E-state index is -3.56. The van der Waals surface area contributed by atoms with Crippen LogP contribution in [-0.2, 0) is 5.41 Å². The monoisotopic (exact) mass is 469 g/mol. The zero-order valence-corrected chi connectivity index (χ0v) is 17.9. The van der Waals surface area contributed by atoms with Crippen molar-refractivity contribution in [3.63, 3.8) is 0 Å². The maximum atomic E-state index is 9.34. The molecule has 5 aromatic carbocycles. The molecule has 0 bridgehead atoms. The quantitative estimate of drug-likeness (QED) is 0.279. The molecule has 0 aliphatic heterocycles.